The number of anilines is 2. The van der Waals surface area contributed by atoms with Crippen LogP contribution < -0.4 is 21.3 Å². The summed E-state index contributed by atoms with van der Waals surface area (Å²) in [7, 11) is 3.03. The van der Waals surface area contributed by atoms with Crippen molar-refractivity contribution < 1.29 is 9.13 Å². The first-order valence-corrected chi connectivity index (χ1v) is 11.6. The smallest absolute Gasteiger partial charge is 0.332 e. The van der Waals surface area contributed by atoms with Crippen LogP contribution in [0.1, 0.15) is 16.8 Å². The van der Waals surface area contributed by atoms with Crippen molar-refractivity contribution in [1.82, 2.24) is 23.9 Å². The number of rotatable bonds is 7. The summed E-state index contributed by atoms with van der Waals surface area (Å²) in [6.07, 6.45) is 1.74. The van der Waals surface area contributed by atoms with Gasteiger partial charge in [0.2, 0.25) is 0 Å². The van der Waals surface area contributed by atoms with Gasteiger partial charge in [0.15, 0.2) is 5.65 Å². The number of ether oxygens (including phenoxy) is 1. The number of pyridine rings is 1. The molecule has 9 nitrogen and oxygen atoms in total. The van der Waals surface area contributed by atoms with Crippen LogP contribution in [0.2, 0.25) is 0 Å². The van der Waals surface area contributed by atoms with Crippen molar-refractivity contribution >= 4 is 22.5 Å². The van der Waals surface area contributed by atoms with Crippen LogP contribution in [0, 0.1) is 12.7 Å². The first kappa shape index (κ1) is 24.0. The van der Waals surface area contributed by atoms with Gasteiger partial charge in [-0.1, -0.05) is 18.2 Å². The van der Waals surface area contributed by atoms with Crippen molar-refractivity contribution in [3.8, 4) is 5.75 Å². The van der Waals surface area contributed by atoms with E-state index < -0.39 is 11.2 Å². The molecule has 0 saturated heterocycles. The van der Waals surface area contributed by atoms with Crippen LogP contribution in [0.15, 0.2) is 76.4 Å². The van der Waals surface area contributed by atoms with Gasteiger partial charge in [-0.25, -0.2) is 13.9 Å². The fourth-order valence-corrected chi connectivity index (χ4v) is 4.09. The number of halogens is 1. The lowest BCUT2D eigenvalue weighted by Crippen LogP contribution is -2.38. The monoisotopic (exact) mass is 500 g/mol. The number of aryl methyl sites for hydroxylation is 1. The molecular formula is C27H25FN6O3. The maximum atomic E-state index is 13.5. The quantitative estimate of drug-likeness (QED) is 0.367. The van der Waals surface area contributed by atoms with E-state index in [4.69, 9.17) is 9.84 Å². The van der Waals surface area contributed by atoms with Crippen molar-refractivity contribution in [2.45, 2.75) is 20.0 Å². The molecule has 2 aromatic carbocycles. The van der Waals surface area contributed by atoms with Crippen LogP contribution in [0.25, 0.3) is 11.0 Å². The molecule has 0 bridgehead atoms. The Bertz CT molecular complexity index is 1690. The second-order valence-corrected chi connectivity index (χ2v) is 8.73. The zero-order chi connectivity index (χ0) is 26.1. The highest BCUT2D eigenvalue weighted by atomic mass is 19.1. The molecule has 3 heterocycles. The molecule has 37 heavy (non-hydrogen) atoms. The summed E-state index contributed by atoms with van der Waals surface area (Å²) in [6.45, 7) is 2.40. The maximum absolute atomic E-state index is 13.5. The third-order valence-electron chi connectivity index (χ3n) is 6.14. The summed E-state index contributed by atoms with van der Waals surface area (Å²) in [5.41, 5.74) is 2.43. The molecular weight excluding hydrogens is 475 g/mol. The number of hydrogen-bond acceptors (Lipinski definition) is 6. The van der Waals surface area contributed by atoms with Gasteiger partial charge in [-0.3, -0.25) is 18.9 Å². The van der Waals surface area contributed by atoms with E-state index in [0.29, 0.717) is 23.8 Å². The molecule has 0 aliphatic heterocycles. The molecule has 0 saturated carbocycles. The van der Waals surface area contributed by atoms with E-state index in [2.05, 4.69) is 10.3 Å². The zero-order valence-electron chi connectivity index (χ0n) is 20.6. The van der Waals surface area contributed by atoms with Gasteiger partial charge in [-0.05, 0) is 60.5 Å². The Hall–Kier alpha value is -4.73. The fraction of sp³-hybridized carbons (Fsp3) is 0.185. The van der Waals surface area contributed by atoms with Crippen LogP contribution in [0.5, 0.6) is 5.75 Å². The molecule has 10 heteroatoms. The molecule has 5 aromatic rings. The van der Waals surface area contributed by atoms with Gasteiger partial charge in [0.25, 0.3) is 5.56 Å². The van der Waals surface area contributed by atoms with Crippen molar-refractivity contribution in [3.05, 3.63) is 110 Å². The molecule has 188 valence electrons. The molecule has 0 radical (unpaired) electrons. The van der Waals surface area contributed by atoms with Crippen LogP contribution in [0.4, 0.5) is 15.9 Å². The summed E-state index contributed by atoms with van der Waals surface area (Å²) in [5.74, 6) is 0.716. The number of fused-ring (bicyclic) bond motifs is 1. The van der Waals surface area contributed by atoms with E-state index in [1.165, 1.54) is 23.7 Å². The molecule has 0 unspecified atom stereocenters. The van der Waals surface area contributed by atoms with E-state index in [-0.39, 0.29) is 23.4 Å². The van der Waals surface area contributed by atoms with Crippen LogP contribution in [-0.2, 0) is 20.1 Å². The van der Waals surface area contributed by atoms with E-state index in [1.54, 1.807) is 30.1 Å². The van der Waals surface area contributed by atoms with Gasteiger partial charge < -0.3 is 10.1 Å². The lowest BCUT2D eigenvalue weighted by molar-refractivity contribution is 0.414. The van der Waals surface area contributed by atoms with Crippen LogP contribution >= 0.6 is 0 Å². The highest BCUT2D eigenvalue weighted by Crippen LogP contribution is 2.25. The van der Waals surface area contributed by atoms with Crippen LogP contribution in [-0.4, -0.2) is 31.0 Å². The van der Waals surface area contributed by atoms with Gasteiger partial charge in [0.1, 0.15) is 22.8 Å². The topological polar surface area (TPSA) is 96.0 Å². The second kappa shape index (κ2) is 9.73. The van der Waals surface area contributed by atoms with Gasteiger partial charge in [0, 0.05) is 24.6 Å². The number of aromatic nitrogens is 5. The minimum atomic E-state index is -0.483. The number of nitrogens with one attached hydrogen (secondary N) is 1. The molecule has 0 amide bonds. The summed E-state index contributed by atoms with van der Waals surface area (Å²) in [6, 6.07) is 17.0. The number of hydrogen-bond donors (Lipinski definition) is 1. The van der Waals surface area contributed by atoms with Crippen molar-refractivity contribution in [3.63, 3.8) is 0 Å². The van der Waals surface area contributed by atoms with Crippen molar-refractivity contribution in [1.29, 1.82) is 0 Å². The SMILES string of the molecule is COc1ccc(Cn2c(=O)n(C)c(=O)c3c(Nc4ccc(F)cc4)n(Cc4ccc(C)nc4)nc32)cc1. The summed E-state index contributed by atoms with van der Waals surface area (Å²) in [5, 5.41) is 8.18. The average Bonchev–Trinajstić information content (AvgIpc) is 3.25. The van der Waals surface area contributed by atoms with E-state index in [0.717, 1.165) is 21.4 Å². The molecule has 5 rings (SSSR count). The lowest BCUT2D eigenvalue weighted by atomic mass is 10.2. The molecule has 0 spiro atoms. The average molecular weight is 501 g/mol. The number of methoxy groups -OCH3 is 1. The largest absolute Gasteiger partial charge is 0.497 e. The Morgan fingerprint density at radius 2 is 1.65 bits per heavy atom. The third kappa shape index (κ3) is 4.73. The third-order valence-corrected chi connectivity index (χ3v) is 6.14. The Balaban J connectivity index is 1.70. The van der Waals surface area contributed by atoms with Crippen LogP contribution in [0.3, 0.4) is 0 Å². The molecule has 3 aromatic heterocycles. The Labute approximate surface area is 211 Å². The second-order valence-electron chi connectivity index (χ2n) is 8.73. The molecule has 1 N–H and O–H groups in total. The van der Waals surface area contributed by atoms with Gasteiger partial charge in [0.05, 0.1) is 20.2 Å². The lowest BCUT2D eigenvalue weighted by Gasteiger charge is -2.11. The predicted molar refractivity (Wildman–Crippen MR) is 139 cm³/mol. The Morgan fingerprint density at radius 1 is 0.946 bits per heavy atom. The minimum Gasteiger partial charge on any atom is -0.497 e. The number of nitrogens with zero attached hydrogens (tertiary/aromatic N) is 5. The highest BCUT2D eigenvalue weighted by Gasteiger charge is 2.22. The molecule has 0 aliphatic carbocycles. The van der Waals surface area contributed by atoms with Crippen molar-refractivity contribution in [2.75, 3.05) is 12.4 Å². The predicted octanol–water partition coefficient (Wildman–Crippen LogP) is 3.59. The Kier molecular flexibility index (Phi) is 6.31. The fourth-order valence-electron chi connectivity index (χ4n) is 4.09. The summed E-state index contributed by atoms with van der Waals surface area (Å²) in [4.78, 5) is 31.0. The van der Waals surface area contributed by atoms with E-state index >= 15 is 0 Å². The van der Waals surface area contributed by atoms with Gasteiger partial charge in [-0.2, -0.15) is 5.10 Å². The first-order valence-electron chi connectivity index (χ1n) is 11.6. The molecule has 0 atom stereocenters. The zero-order valence-corrected chi connectivity index (χ0v) is 20.6. The minimum absolute atomic E-state index is 0.201. The molecule has 0 fully saturated rings. The number of benzene rings is 2. The van der Waals surface area contributed by atoms with Gasteiger partial charge in [-0.15, -0.1) is 0 Å². The standard InChI is InChI=1S/C27H25FN6O3/c1-17-4-5-19(14-29-17)16-34-24(30-21-10-8-20(28)9-11-21)23-25(31-34)33(27(36)32(2)26(23)35)15-18-6-12-22(37-3)13-7-18/h4-14,30H,15-16H2,1-3H3. The summed E-state index contributed by atoms with van der Waals surface area (Å²) < 4.78 is 22.9. The van der Waals surface area contributed by atoms with E-state index in [1.807, 2.05) is 43.3 Å². The molecule has 0 aliphatic rings. The summed E-state index contributed by atoms with van der Waals surface area (Å²) >= 11 is 0. The van der Waals surface area contributed by atoms with E-state index in [9.17, 15) is 14.0 Å². The normalized spacial score (nSPS) is 11.1. The van der Waals surface area contributed by atoms with Gasteiger partial charge >= 0.3 is 5.69 Å². The highest BCUT2D eigenvalue weighted by molar-refractivity contribution is 5.89. The van der Waals surface area contributed by atoms with Crippen molar-refractivity contribution in [2.24, 2.45) is 7.05 Å². The first-order chi connectivity index (χ1) is 17.8. The Morgan fingerprint density at radius 3 is 2.30 bits per heavy atom. The maximum Gasteiger partial charge on any atom is 0.332 e.